The summed E-state index contributed by atoms with van der Waals surface area (Å²) in [4.78, 5) is 28.0. The minimum absolute atomic E-state index is 0.222. The summed E-state index contributed by atoms with van der Waals surface area (Å²) in [5.41, 5.74) is 3.34. The van der Waals surface area contributed by atoms with Gasteiger partial charge in [0.05, 0.1) is 17.9 Å². The molecule has 0 saturated heterocycles. The average Bonchev–Trinajstić information content (AvgIpc) is 2.98. The second kappa shape index (κ2) is 8.66. The summed E-state index contributed by atoms with van der Waals surface area (Å²) in [6, 6.07) is 21.5. The Morgan fingerprint density at radius 2 is 1.68 bits per heavy atom. The molecule has 5 nitrogen and oxygen atoms in total. The predicted octanol–water partition coefficient (Wildman–Crippen LogP) is 5.44. The number of anilines is 2. The number of hydrogen-bond acceptors (Lipinski definition) is 4. The molecule has 0 spiro atoms. The Bertz CT molecular complexity index is 1190. The van der Waals surface area contributed by atoms with Gasteiger partial charge in [-0.2, -0.15) is 0 Å². The number of aryl methyl sites for hydroxylation is 1. The van der Waals surface area contributed by atoms with Gasteiger partial charge in [-0.3, -0.25) is 9.59 Å². The minimum Gasteiger partial charge on any atom is -0.494 e. The lowest BCUT2D eigenvalue weighted by molar-refractivity contribution is -0.120. The summed E-state index contributed by atoms with van der Waals surface area (Å²) >= 11 is 6.11. The third kappa shape index (κ3) is 4.18. The van der Waals surface area contributed by atoms with E-state index in [0.717, 1.165) is 16.2 Å². The molecular weight excluding hydrogens is 412 g/mol. The molecule has 0 unspecified atom stereocenters. The molecule has 2 amide bonds. The third-order valence-corrected chi connectivity index (χ3v) is 5.13. The SMILES string of the molecule is CCOc1ccc(C2=C(Nc3cccc(C)c3)C(=O)N(c3cccc(Cl)c3)C2=O)cc1. The number of imide groups is 1. The van der Waals surface area contributed by atoms with Crippen molar-refractivity contribution >= 4 is 40.4 Å². The molecule has 31 heavy (non-hydrogen) atoms. The molecular formula is C25H21ClN2O3. The lowest BCUT2D eigenvalue weighted by atomic mass is 10.0. The van der Waals surface area contributed by atoms with Gasteiger partial charge in [0.25, 0.3) is 11.8 Å². The molecule has 0 atom stereocenters. The van der Waals surface area contributed by atoms with Crippen LogP contribution in [0.5, 0.6) is 5.75 Å². The highest BCUT2D eigenvalue weighted by Crippen LogP contribution is 2.35. The molecule has 0 aliphatic carbocycles. The van der Waals surface area contributed by atoms with Gasteiger partial charge < -0.3 is 10.1 Å². The first-order valence-corrected chi connectivity index (χ1v) is 10.3. The molecule has 0 radical (unpaired) electrons. The lowest BCUT2D eigenvalue weighted by Crippen LogP contribution is -2.32. The molecule has 0 aromatic heterocycles. The van der Waals surface area contributed by atoms with Crippen molar-refractivity contribution < 1.29 is 14.3 Å². The third-order valence-electron chi connectivity index (χ3n) is 4.89. The molecule has 1 aliphatic rings. The van der Waals surface area contributed by atoms with Crippen LogP contribution in [0.4, 0.5) is 11.4 Å². The van der Waals surface area contributed by atoms with Crippen molar-refractivity contribution in [2.75, 3.05) is 16.8 Å². The average molecular weight is 433 g/mol. The van der Waals surface area contributed by atoms with E-state index in [1.807, 2.05) is 38.1 Å². The van der Waals surface area contributed by atoms with Gasteiger partial charge in [-0.15, -0.1) is 0 Å². The topological polar surface area (TPSA) is 58.6 Å². The number of carbonyl (C=O) groups is 2. The van der Waals surface area contributed by atoms with Gasteiger partial charge in [-0.05, 0) is 67.4 Å². The van der Waals surface area contributed by atoms with Crippen molar-refractivity contribution in [3.63, 3.8) is 0 Å². The fourth-order valence-electron chi connectivity index (χ4n) is 3.51. The van der Waals surface area contributed by atoms with Gasteiger partial charge >= 0.3 is 0 Å². The molecule has 0 fully saturated rings. The standard InChI is InChI=1S/C25H21ClN2O3/c1-3-31-21-12-10-17(11-13-21)22-23(27-19-8-4-6-16(2)14-19)25(30)28(24(22)29)20-9-5-7-18(26)15-20/h4-15,27H,3H2,1-2H3. The summed E-state index contributed by atoms with van der Waals surface area (Å²) in [5, 5.41) is 3.61. The number of halogens is 1. The summed E-state index contributed by atoms with van der Waals surface area (Å²) in [6.45, 7) is 4.41. The first-order chi connectivity index (χ1) is 15.0. The molecule has 3 aromatic rings. The van der Waals surface area contributed by atoms with E-state index < -0.39 is 11.8 Å². The van der Waals surface area contributed by atoms with E-state index in [1.54, 1.807) is 48.5 Å². The van der Waals surface area contributed by atoms with Gasteiger partial charge in [-0.25, -0.2) is 4.90 Å². The zero-order chi connectivity index (χ0) is 22.0. The van der Waals surface area contributed by atoms with E-state index in [2.05, 4.69) is 5.32 Å². The van der Waals surface area contributed by atoms with Crippen LogP contribution in [0.3, 0.4) is 0 Å². The maximum atomic E-state index is 13.4. The first kappa shape index (κ1) is 20.7. The van der Waals surface area contributed by atoms with Crippen LogP contribution < -0.4 is 15.0 Å². The van der Waals surface area contributed by atoms with Crippen LogP contribution in [0.15, 0.2) is 78.5 Å². The highest BCUT2D eigenvalue weighted by Gasteiger charge is 2.40. The lowest BCUT2D eigenvalue weighted by Gasteiger charge is -2.15. The van der Waals surface area contributed by atoms with Crippen molar-refractivity contribution in [1.82, 2.24) is 0 Å². The highest BCUT2D eigenvalue weighted by atomic mass is 35.5. The van der Waals surface area contributed by atoms with Crippen LogP contribution in [0.2, 0.25) is 5.02 Å². The van der Waals surface area contributed by atoms with E-state index >= 15 is 0 Å². The number of amides is 2. The van der Waals surface area contributed by atoms with E-state index in [-0.39, 0.29) is 5.70 Å². The normalized spacial score (nSPS) is 13.7. The molecule has 4 rings (SSSR count). The van der Waals surface area contributed by atoms with Crippen molar-refractivity contribution in [2.24, 2.45) is 0 Å². The number of rotatable bonds is 6. The van der Waals surface area contributed by atoms with Gasteiger partial charge in [0.2, 0.25) is 0 Å². The summed E-state index contributed by atoms with van der Waals surface area (Å²) < 4.78 is 5.50. The Morgan fingerprint density at radius 3 is 2.35 bits per heavy atom. The van der Waals surface area contributed by atoms with Crippen molar-refractivity contribution in [2.45, 2.75) is 13.8 Å². The zero-order valence-electron chi connectivity index (χ0n) is 17.2. The molecule has 3 aromatic carbocycles. The van der Waals surface area contributed by atoms with E-state index in [4.69, 9.17) is 16.3 Å². The van der Waals surface area contributed by atoms with Gasteiger partial charge in [0.15, 0.2) is 0 Å². The number of ether oxygens (including phenoxy) is 1. The van der Waals surface area contributed by atoms with E-state index in [0.29, 0.717) is 34.2 Å². The van der Waals surface area contributed by atoms with E-state index in [1.165, 1.54) is 0 Å². The Labute approximate surface area is 185 Å². The first-order valence-electron chi connectivity index (χ1n) is 9.93. The zero-order valence-corrected chi connectivity index (χ0v) is 17.9. The van der Waals surface area contributed by atoms with Crippen LogP contribution in [0.1, 0.15) is 18.1 Å². The largest absolute Gasteiger partial charge is 0.494 e. The van der Waals surface area contributed by atoms with Gasteiger partial charge in [0.1, 0.15) is 11.4 Å². The maximum absolute atomic E-state index is 13.4. The van der Waals surface area contributed by atoms with Crippen LogP contribution in [-0.4, -0.2) is 18.4 Å². The molecule has 1 N–H and O–H groups in total. The smallest absolute Gasteiger partial charge is 0.282 e. The highest BCUT2D eigenvalue weighted by molar-refractivity contribution is 6.46. The number of nitrogens with zero attached hydrogens (tertiary/aromatic N) is 1. The van der Waals surface area contributed by atoms with Crippen LogP contribution in [-0.2, 0) is 9.59 Å². The van der Waals surface area contributed by atoms with Crippen molar-refractivity contribution in [1.29, 1.82) is 0 Å². The number of benzene rings is 3. The summed E-state index contributed by atoms with van der Waals surface area (Å²) in [6.07, 6.45) is 0. The molecule has 156 valence electrons. The van der Waals surface area contributed by atoms with Crippen LogP contribution in [0.25, 0.3) is 5.57 Å². The van der Waals surface area contributed by atoms with E-state index in [9.17, 15) is 9.59 Å². The fourth-order valence-corrected chi connectivity index (χ4v) is 3.70. The summed E-state index contributed by atoms with van der Waals surface area (Å²) in [7, 11) is 0. The summed E-state index contributed by atoms with van der Waals surface area (Å²) in [5.74, 6) is -0.146. The Morgan fingerprint density at radius 1 is 0.935 bits per heavy atom. The van der Waals surface area contributed by atoms with Gasteiger partial charge in [0, 0.05) is 10.7 Å². The van der Waals surface area contributed by atoms with Crippen molar-refractivity contribution in [3.05, 3.63) is 94.6 Å². The molecule has 0 saturated carbocycles. The second-order valence-corrected chi connectivity index (χ2v) is 7.56. The minimum atomic E-state index is -0.433. The quantitative estimate of drug-likeness (QED) is 0.526. The predicted molar refractivity (Wildman–Crippen MR) is 123 cm³/mol. The maximum Gasteiger partial charge on any atom is 0.282 e. The van der Waals surface area contributed by atoms with Gasteiger partial charge in [-0.1, -0.05) is 41.9 Å². The molecule has 1 aliphatic heterocycles. The Hall–Kier alpha value is -3.57. The second-order valence-electron chi connectivity index (χ2n) is 7.13. The molecule has 1 heterocycles. The Balaban J connectivity index is 1.80. The molecule has 6 heteroatoms. The monoisotopic (exact) mass is 432 g/mol. The fraction of sp³-hybridized carbons (Fsp3) is 0.120. The molecule has 0 bridgehead atoms. The number of nitrogens with one attached hydrogen (secondary N) is 1. The van der Waals surface area contributed by atoms with Crippen LogP contribution in [0, 0.1) is 6.92 Å². The number of carbonyl (C=O) groups excluding carboxylic acids is 2. The van der Waals surface area contributed by atoms with Crippen molar-refractivity contribution in [3.8, 4) is 5.75 Å². The Kier molecular flexibility index (Phi) is 5.78. The van der Waals surface area contributed by atoms with Crippen LogP contribution >= 0.6 is 11.6 Å². The number of hydrogen-bond donors (Lipinski definition) is 1.